The normalized spacial score (nSPS) is 18.9. The molecule has 1 aliphatic rings. The summed E-state index contributed by atoms with van der Waals surface area (Å²) in [5, 5.41) is 17.2. The predicted molar refractivity (Wildman–Crippen MR) is 82.5 cm³/mol. The lowest BCUT2D eigenvalue weighted by Crippen LogP contribution is -2.37. The van der Waals surface area contributed by atoms with Gasteiger partial charge >= 0.3 is 0 Å². The molecule has 0 aromatic carbocycles. The lowest BCUT2D eigenvalue weighted by Gasteiger charge is -2.33. The highest BCUT2D eigenvalue weighted by atomic mass is 16.3. The SMILES string of the molecule is CC(C)c1nccc(N2CCCC(n3cc(CO)nn3)C2)n1. The fraction of sp³-hybridized carbons (Fsp3) is 0.600. The van der Waals surface area contributed by atoms with Gasteiger partial charge in [-0.25, -0.2) is 14.6 Å². The molecule has 0 radical (unpaired) electrons. The Hall–Kier alpha value is -2.02. The van der Waals surface area contributed by atoms with Gasteiger partial charge in [0, 0.05) is 25.2 Å². The van der Waals surface area contributed by atoms with Crippen molar-refractivity contribution in [2.75, 3.05) is 18.0 Å². The van der Waals surface area contributed by atoms with Crippen molar-refractivity contribution < 1.29 is 5.11 Å². The Morgan fingerprint density at radius 1 is 1.41 bits per heavy atom. The third-order valence-electron chi connectivity index (χ3n) is 3.99. The van der Waals surface area contributed by atoms with E-state index in [0.29, 0.717) is 11.6 Å². The van der Waals surface area contributed by atoms with Gasteiger partial charge in [0.25, 0.3) is 0 Å². The van der Waals surface area contributed by atoms with Crippen molar-refractivity contribution >= 4 is 5.82 Å². The maximum absolute atomic E-state index is 9.12. The van der Waals surface area contributed by atoms with Crippen molar-refractivity contribution in [3.63, 3.8) is 0 Å². The van der Waals surface area contributed by atoms with Crippen LogP contribution in [0, 0.1) is 0 Å². The van der Waals surface area contributed by atoms with E-state index < -0.39 is 0 Å². The number of aliphatic hydroxyl groups excluding tert-OH is 1. The first-order valence-corrected chi connectivity index (χ1v) is 7.77. The Bertz CT molecular complexity index is 626. The second kappa shape index (κ2) is 6.39. The molecule has 1 saturated heterocycles. The summed E-state index contributed by atoms with van der Waals surface area (Å²) in [5.41, 5.74) is 0.612. The lowest BCUT2D eigenvalue weighted by atomic mass is 10.1. The molecule has 1 atom stereocenters. The van der Waals surface area contributed by atoms with Crippen LogP contribution in [-0.4, -0.2) is 43.2 Å². The molecule has 0 amide bonds. The Morgan fingerprint density at radius 3 is 3.00 bits per heavy atom. The molecule has 2 aromatic heterocycles. The molecule has 0 spiro atoms. The third kappa shape index (κ3) is 3.09. The summed E-state index contributed by atoms with van der Waals surface area (Å²) >= 11 is 0. The van der Waals surface area contributed by atoms with Crippen molar-refractivity contribution in [1.29, 1.82) is 0 Å². The van der Waals surface area contributed by atoms with E-state index in [1.54, 1.807) is 0 Å². The van der Waals surface area contributed by atoms with Gasteiger partial charge in [-0.2, -0.15) is 0 Å². The maximum atomic E-state index is 9.12. The van der Waals surface area contributed by atoms with E-state index in [2.05, 4.69) is 39.0 Å². The van der Waals surface area contributed by atoms with Gasteiger partial charge in [-0.3, -0.25) is 0 Å². The molecule has 118 valence electrons. The van der Waals surface area contributed by atoms with Crippen molar-refractivity contribution in [3.05, 3.63) is 30.0 Å². The highest BCUT2D eigenvalue weighted by Crippen LogP contribution is 2.25. The molecule has 0 saturated carbocycles. The largest absolute Gasteiger partial charge is 0.390 e. The van der Waals surface area contributed by atoms with Gasteiger partial charge in [-0.15, -0.1) is 5.10 Å². The zero-order chi connectivity index (χ0) is 15.5. The smallest absolute Gasteiger partial charge is 0.133 e. The van der Waals surface area contributed by atoms with E-state index in [9.17, 15) is 0 Å². The van der Waals surface area contributed by atoms with Gasteiger partial charge in [-0.1, -0.05) is 19.1 Å². The van der Waals surface area contributed by atoms with Crippen molar-refractivity contribution in [1.82, 2.24) is 25.0 Å². The zero-order valence-corrected chi connectivity index (χ0v) is 13.1. The van der Waals surface area contributed by atoms with Crippen LogP contribution in [0.5, 0.6) is 0 Å². The summed E-state index contributed by atoms with van der Waals surface area (Å²) in [4.78, 5) is 11.3. The Morgan fingerprint density at radius 2 is 2.27 bits per heavy atom. The van der Waals surface area contributed by atoms with Gasteiger partial charge < -0.3 is 10.0 Å². The number of nitrogens with zero attached hydrogens (tertiary/aromatic N) is 6. The van der Waals surface area contributed by atoms with Crippen LogP contribution >= 0.6 is 0 Å². The van der Waals surface area contributed by atoms with Crippen LogP contribution < -0.4 is 4.90 Å². The standard InChI is InChI=1S/C15H22N6O/c1-11(2)15-16-6-5-14(17-15)20-7-3-4-13(9-20)21-8-12(10-22)18-19-21/h5-6,8,11,13,22H,3-4,7,9-10H2,1-2H3. The van der Waals surface area contributed by atoms with Crippen LogP contribution in [-0.2, 0) is 6.61 Å². The van der Waals surface area contributed by atoms with Crippen molar-refractivity contribution in [3.8, 4) is 0 Å². The van der Waals surface area contributed by atoms with Crippen LogP contribution in [0.25, 0.3) is 0 Å². The zero-order valence-electron chi connectivity index (χ0n) is 13.1. The lowest BCUT2D eigenvalue weighted by molar-refractivity contribution is 0.276. The van der Waals surface area contributed by atoms with Crippen molar-refractivity contribution in [2.45, 2.75) is 45.3 Å². The average Bonchev–Trinajstić information content (AvgIpc) is 3.04. The minimum Gasteiger partial charge on any atom is -0.390 e. The summed E-state index contributed by atoms with van der Waals surface area (Å²) < 4.78 is 1.86. The summed E-state index contributed by atoms with van der Waals surface area (Å²) in [7, 11) is 0. The minimum atomic E-state index is -0.0694. The summed E-state index contributed by atoms with van der Waals surface area (Å²) in [6.45, 7) is 5.98. The van der Waals surface area contributed by atoms with Gasteiger partial charge in [0.05, 0.1) is 18.8 Å². The Kier molecular flexibility index (Phi) is 4.33. The quantitative estimate of drug-likeness (QED) is 0.922. The third-order valence-corrected chi connectivity index (χ3v) is 3.99. The van der Waals surface area contributed by atoms with Gasteiger partial charge in [-0.05, 0) is 18.9 Å². The van der Waals surface area contributed by atoms with Crippen LogP contribution in [0.15, 0.2) is 18.5 Å². The van der Waals surface area contributed by atoms with Gasteiger partial charge in [0.2, 0.25) is 0 Å². The molecule has 7 nitrogen and oxygen atoms in total. The van der Waals surface area contributed by atoms with E-state index in [-0.39, 0.29) is 12.6 Å². The summed E-state index contributed by atoms with van der Waals surface area (Å²) in [5.74, 6) is 2.18. The molecule has 22 heavy (non-hydrogen) atoms. The van der Waals surface area contributed by atoms with Crippen molar-refractivity contribution in [2.24, 2.45) is 0 Å². The second-order valence-electron chi connectivity index (χ2n) is 6.02. The number of hydrogen-bond acceptors (Lipinski definition) is 6. The summed E-state index contributed by atoms with van der Waals surface area (Å²) in [6, 6.07) is 2.23. The predicted octanol–water partition coefficient (Wildman–Crippen LogP) is 1.53. The fourth-order valence-electron chi connectivity index (χ4n) is 2.76. The number of rotatable bonds is 4. The summed E-state index contributed by atoms with van der Waals surface area (Å²) in [6.07, 6.45) is 5.81. The first kappa shape index (κ1) is 14.9. The molecular formula is C15H22N6O. The molecule has 7 heteroatoms. The van der Waals surface area contributed by atoms with Crippen LogP contribution in [0.2, 0.25) is 0 Å². The average molecular weight is 302 g/mol. The fourth-order valence-corrected chi connectivity index (χ4v) is 2.76. The highest BCUT2D eigenvalue weighted by Gasteiger charge is 2.23. The van der Waals surface area contributed by atoms with Crippen LogP contribution in [0.3, 0.4) is 0 Å². The highest BCUT2D eigenvalue weighted by molar-refractivity contribution is 5.38. The first-order valence-electron chi connectivity index (χ1n) is 7.77. The van der Waals surface area contributed by atoms with E-state index in [1.807, 2.05) is 23.1 Å². The molecule has 1 N–H and O–H groups in total. The van der Waals surface area contributed by atoms with E-state index in [4.69, 9.17) is 5.11 Å². The molecule has 3 rings (SSSR count). The molecule has 1 aliphatic heterocycles. The van der Waals surface area contributed by atoms with Crippen LogP contribution in [0.1, 0.15) is 50.2 Å². The van der Waals surface area contributed by atoms with E-state index in [1.165, 1.54) is 0 Å². The van der Waals surface area contributed by atoms with Crippen LogP contribution in [0.4, 0.5) is 5.82 Å². The number of aliphatic hydroxyl groups is 1. The maximum Gasteiger partial charge on any atom is 0.133 e. The Labute approximate surface area is 130 Å². The minimum absolute atomic E-state index is 0.0694. The molecule has 0 bridgehead atoms. The number of piperidine rings is 1. The molecule has 0 aliphatic carbocycles. The molecular weight excluding hydrogens is 280 g/mol. The number of aromatic nitrogens is 5. The number of hydrogen-bond donors (Lipinski definition) is 1. The topological polar surface area (TPSA) is 80.0 Å². The molecule has 2 aromatic rings. The van der Waals surface area contributed by atoms with Gasteiger partial charge in [0.15, 0.2) is 0 Å². The Balaban J connectivity index is 1.76. The number of anilines is 1. The molecule has 1 unspecified atom stereocenters. The van der Waals surface area contributed by atoms with Gasteiger partial charge in [0.1, 0.15) is 17.3 Å². The van der Waals surface area contributed by atoms with E-state index >= 15 is 0 Å². The first-order chi connectivity index (χ1) is 10.7. The monoisotopic (exact) mass is 302 g/mol. The molecule has 1 fully saturated rings. The molecule has 3 heterocycles. The second-order valence-corrected chi connectivity index (χ2v) is 6.02. The van der Waals surface area contributed by atoms with E-state index in [0.717, 1.165) is 37.6 Å².